The lowest BCUT2D eigenvalue weighted by molar-refractivity contribution is 0.112. The number of aryl methyl sites for hydroxylation is 2. The van der Waals surface area contributed by atoms with E-state index in [2.05, 4.69) is 63.0 Å². The molecule has 3 atom stereocenters. The molecule has 0 radical (unpaired) electrons. The molecule has 2 nitrogen and oxygen atoms in total. The lowest BCUT2D eigenvalue weighted by Gasteiger charge is -2.39. The summed E-state index contributed by atoms with van der Waals surface area (Å²) in [5.74, 6) is 0.835. The average molecular weight is 288 g/mol. The molecule has 2 heteroatoms. The lowest BCUT2D eigenvalue weighted by Crippen LogP contribution is -2.45. The minimum atomic E-state index is 0.447. The van der Waals surface area contributed by atoms with Crippen molar-refractivity contribution in [3.8, 4) is 0 Å². The van der Waals surface area contributed by atoms with Crippen LogP contribution in [0.15, 0.2) is 18.2 Å². The van der Waals surface area contributed by atoms with Crippen LogP contribution in [0.2, 0.25) is 0 Å². The first-order chi connectivity index (χ1) is 10.0. The number of likely N-dealkylation sites (N-methyl/N-ethyl adjacent to an activating group) is 1. The van der Waals surface area contributed by atoms with Crippen LogP contribution in [0.4, 0.5) is 0 Å². The van der Waals surface area contributed by atoms with Crippen LogP contribution in [-0.2, 0) is 0 Å². The maximum atomic E-state index is 3.71. The molecule has 1 aromatic rings. The molecule has 1 aromatic carbocycles. The SMILES string of the molecule is CCNC(CN1CC(C)CCC1C)c1cc(C)ccc1C. The van der Waals surface area contributed by atoms with Crippen molar-refractivity contribution in [1.82, 2.24) is 10.2 Å². The van der Waals surface area contributed by atoms with Gasteiger partial charge in [0, 0.05) is 25.2 Å². The summed E-state index contributed by atoms with van der Waals surface area (Å²) in [4.78, 5) is 2.68. The van der Waals surface area contributed by atoms with Gasteiger partial charge in [-0.15, -0.1) is 0 Å². The number of rotatable bonds is 5. The maximum Gasteiger partial charge on any atom is 0.0452 e. The molecule has 0 spiro atoms. The number of nitrogens with one attached hydrogen (secondary N) is 1. The summed E-state index contributed by atoms with van der Waals surface area (Å²) in [5, 5.41) is 3.71. The first-order valence-electron chi connectivity index (χ1n) is 8.55. The zero-order valence-corrected chi connectivity index (χ0v) is 14.4. The van der Waals surface area contributed by atoms with E-state index >= 15 is 0 Å². The van der Waals surface area contributed by atoms with E-state index in [0.29, 0.717) is 12.1 Å². The molecule has 1 aliphatic rings. The highest BCUT2D eigenvalue weighted by Gasteiger charge is 2.26. The van der Waals surface area contributed by atoms with Crippen molar-refractivity contribution in [1.29, 1.82) is 0 Å². The summed E-state index contributed by atoms with van der Waals surface area (Å²) < 4.78 is 0. The third-order valence-corrected chi connectivity index (χ3v) is 4.92. The molecular formula is C19H32N2. The van der Waals surface area contributed by atoms with Crippen molar-refractivity contribution in [3.63, 3.8) is 0 Å². The molecule has 1 fully saturated rings. The first kappa shape index (κ1) is 16.5. The van der Waals surface area contributed by atoms with Crippen molar-refractivity contribution in [3.05, 3.63) is 34.9 Å². The smallest absolute Gasteiger partial charge is 0.0452 e. The molecule has 0 aliphatic carbocycles. The van der Waals surface area contributed by atoms with Gasteiger partial charge < -0.3 is 5.32 Å². The van der Waals surface area contributed by atoms with Gasteiger partial charge in [0.2, 0.25) is 0 Å². The summed E-state index contributed by atoms with van der Waals surface area (Å²) in [6.45, 7) is 14.8. The normalized spacial score (nSPS) is 25.0. The van der Waals surface area contributed by atoms with E-state index in [1.807, 2.05) is 0 Å². The molecule has 118 valence electrons. The Hall–Kier alpha value is -0.860. The van der Waals surface area contributed by atoms with Crippen molar-refractivity contribution in [2.24, 2.45) is 5.92 Å². The number of benzene rings is 1. The van der Waals surface area contributed by atoms with Crippen LogP contribution >= 0.6 is 0 Å². The van der Waals surface area contributed by atoms with Gasteiger partial charge in [0.05, 0.1) is 0 Å². The predicted octanol–water partition coefficient (Wildman–Crippen LogP) is 4.07. The van der Waals surface area contributed by atoms with Crippen LogP contribution in [0.25, 0.3) is 0 Å². The second kappa shape index (κ2) is 7.42. The predicted molar refractivity (Wildman–Crippen MR) is 91.8 cm³/mol. The summed E-state index contributed by atoms with van der Waals surface area (Å²) in [7, 11) is 0. The van der Waals surface area contributed by atoms with Crippen LogP contribution in [-0.4, -0.2) is 30.6 Å². The standard InChI is InChI=1S/C19H32N2/c1-6-20-19(18-11-14(2)7-9-16(18)4)13-21-12-15(3)8-10-17(21)5/h7,9,11,15,17,19-20H,6,8,10,12-13H2,1-5H3. The fraction of sp³-hybridized carbons (Fsp3) is 0.684. The number of hydrogen-bond donors (Lipinski definition) is 1. The molecular weight excluding hydrogens is 256 g/mol. The largest absolute Gasteiger partial charge is 0.309 e. The lowest BCUT2D eigenvalue weighted by atomic mass is 9.92. The minimum Gasteiger partial charge on any atom is -0.309 e. The van der Waals surface area contributed by atoms with Crippen molar-refractivity contribution in [2.75, 3.05) is 19.6 Å². The van der Waals surface area contributed by atoms with E-state index in [9.17, 15) is 0 Å². The molecule has 1 saturated heterocycles. The highest BCUT2D eigenvalue weighted by molar-refractivity contribution is 5.33. The van der Waals surface area contributed by atoms with Gasteiger partial charge in [0.25, 0.3) is 0 Å². The van der Waals surface area contributed by atoms with Crippen LogP contribution in [0, 0.1) is 19.8 Å². The molecule has 1 heterocycles. The second-order valence-electron chi connectivity index (χ2n) is 6.96. The first-order valence-corrected chi connectivity index (χ1v) is 8.55. The number of nitrogens with zero attached hydrogens (tertiary/aromatic N) is 1. The average Bonchev–Trinajstić information content (AvgIpc) is 2.45. The Bertz CT molecular complexity index is 455. The minimum absolute atomic E-state index is 0.447. The zero-order valence-electron chi connectivity index (χ0n) is 14.4. The molecule has 0 bridgehead atoms. The van der Waals surface area contributed by atoms with E-state index in [4.69, 9.17) is 0 Å². The fourth-order valence-corrected chi connectivity index (χ4v) is 3.52. The van der Waals surface area contributed by atoms with E-state index in [0.717, 1.165) is 19.0 Å². The molecule has 3 unspecified atom stereocenters. The highest BCUT2D eigenvalue weighted by Crippen LogP contribution is 2.26. The van der Waals surface area contributed by atoms with E-state index in [-0.39, 0.29) is 0 Å². The molecule has 0 aromatic heterocycles. The quantitative estimate of drug-likeness (QED) is 0.878. The highest BCUT2D eigenvalue weighted by atomic mass is 15.2. The summed E-state index contributed by atoms with van der Waals surface area (Å²) in [6, 6.07) is 8.00. The summed E-state index contributed by atoms with van der Waals surface area (Å²) >= 11 is 0. The van der Waals surface area contributed by atoms with Gasteiger partial charge in [0.15, 0.2) is 0 Å². The molecule has 0 saturated carbocycles. The van der Waals surface area contributed by atoms with Gasteiger partial charge in [-0.2, -0.15) is 0 Å². The zero-order chi connectivity index (χ0) is 15.4. The third-order valence-electron chi connectivity index (χ3n) is 4.92. The topological polar surface area (TPSA) is 15.3 Å². The summed E-state index contributed by atoms with van der Waals surface area (Å²) in [5.41, 5.74) is 4.24. The van der Waals surface area contributed by atoms with Crippen molar-refractivity contribution >= 4 is 0 Å². The number of piperidine rings is 1. The van der Waals surface area contributed by atoms with E-state index in [1.54, 1.807) is 0 Å². The molecule has 0 amide bonds. The van der Waals surface area contributed by atoms with Gasteiger partial charge in [0.1, 0.15) is 0 Å². The van der Waals surface area contributed by atoms with Gasteiger partial charge >= 0.3 is 0 Å². The Kier molecular flexibility index (Phi) is 5.83. The fourth-order valence-electron chi connectivity index (χ4n) is 3.52. The van der Waals surface area contributed by atoms with Crippen LogP contribution in [0.5, 0.6) is 0 Å². The van der Waals surface area contributed by atoms with Gasteiger partial charge in [-0.3, -0.25) is 4.90 Å². The van der Waals surface area contributed by atoms with Gasteiger partial charge in [-0.05, 0) is 57.2 Å². The Morgan fingerprint density at radius 3 is 2.71 bits per heavy atom. The van der Waals surface area contributed by atoms with E-state index in [1.165, 1.54) is 36.1 Å². The molecule has 21 heavy (non-hydrogen) atoms. The number of hydrogen-bond acceptors (Lipinski definition) is 2. The van der Waals surface area contributed by atoms with Gasteiger partial charge in [-0.1, -0.05) is 37.6 Å². The Balaban J connectivity index is 2.16. The van der Waals surface area contributed by atoms with E-state index < -0.39 is 0 Å². The number of likely N-dealkylation sites (tertiary alicyclic amines) is 1. The molecule has 1 N–H and O–H groups in total. The third kappa shape index (κ3) is 4.31. The second-order valence-corrected chi connectivity index (χ2v) is 6.96. The van der Waals surface area contributed by atoms with Gasteiger partial charge in [-0.25, -0.2) is 0 Å². The van der Waals surface area contributed by atoms with Crippen LogP contribution in [0.3, 0.4) is 0 Å². The Morgan fingerprint density at radius 2 is 2.00 bits per heavy atom. The molecule has 1 aliphatic heterocycles. The van der Waals surface area contributed by atoms with Crippen molar-refractivity contribution in [2.45, 2.75) is 59.5 Å². The summed E-state index contributed by atoms with van der Waals surface area (Å²) in [6.07, 6.45) is 2.72. The molecule has 2 rings (SSSR count). The maximum absolute atomic E-state index is 3.71. The Morgan fingerprint density at radius 1 is 1.24 bits per heavy atom. The monoisotopic (exact) mass is 288 g/mol. The van der Waals surface area contributed by atoms with Crippen LogP contribution < -0.4 is 5.32 Å². The van der Waals surface area contributed by atoms with Crippen molar-refractivity contribution < 1.29 is 0 Å². The van der Waals surface area contributed by atoms with Crippen LogP contribution in [0.1, 0.15) is 56.3 Å². The Labute approximate surface area is 130 Å².